The summed E-state index contributed by atoms with van der Waals surface area (Å²) in [6, 6.07) is 55.4. The minimum atomic E-state index is -0.191. The molecule has 0 amide bonds. The molecule has 0 fully saturated rings. The maximum atomic E-state index is 2.69. The molecule has 11 rings (SSSR count). The van der Waals surface area contributed by atoms with Gasteiger partial charge in [-0.3, -0.25) is 0 Å². The number of hydrogen-bond donors (Lipinski definition) is 0. The van der Waals surface area contributed by atoms with Crippen LogP contribution in [0.1, 0.15) is 82.2 Å². The molecule has 3 heteroatoms. The fourth-order valence-corrected chi connectivity index (χ4v) is 10.9. The Balaban J connectivity index is 1.21. The number of fused-ring (bicyclic) bond motifs is 7. The van der Waals surface area contributed by atoms with Gasteiger partial charge in [0.15, 0.2) is 0 Å². The van der Waals surface area contributed by atoms with E-state index in [4.69, 9.17) is 0 Å². The lowest BCUT2D eigenvalue weighted by Crippen LogP contribution is -2.62. The van der Waals surface area contributed by atoms with E-state index in [0.717, 1.165) is 0 Å². The van der Waals surface area contributed by atoms with Gasteiger partial charge in [-0.2, -0.15) is 0 Å². The van der Waals surface area contributed by atoms with Gasteiger partial charge in [0.05, 0.1) is 5.69 Å². The van der Waals surface area contributed by atoms with Gasteiger partial charge in [0, 0.05) is 33.7 Å². The summed E-state index contributed by atoms with van der Waals surface area (Å²) in [6.45, 7) is 17.0. The second-order valence-corrected chi connectivity index (χ2v) is 18.9. The highest BCUT2D eigenvalue weighted by atomic mass is 15.2. The van der Waals surface area contributed by atoms with E-state index < -0.39 is 0 Å². The molecule has 0 aromatic heterocycles. The SMILES string of the molecule is Cc1cc2c3c(c1)N1c4cc5c(cc4C(C)(C)c4cccc(c41)B3N(c1ccc(-c3ccccc3)cc1)c1cc(-c3ccccc3)ccc1-2)C(C)(C)CCC5(C)C. The molecule has 0 saturated carbocycles. The van der Waals surface area contributed by atoms with Crippen LogP contribution in [-0.4, -0.2) is 6.85 Å². The van der Waals surface area contributed by atoms with Crippen molar-refractivity contribution in [2.75, 3.05) is 9.71 Å². The number of anilines is 5. The predicted octanol–water partition coefficient (Wildman–Crippen LogP) is 13.0. The molecule has 57 heavy (non-hydrogen) atoms. The van der Waals surface area contributed by atoms with Gasteiger partial charge >= 0.3 is 6.85 Å². The van der Waals surface area contributed by atoms with Crippen molar-refractivity contribution < 1.29 is 0 Å². The van der Waals surface area contributed by atoms with E-state index in [-0.39, 0.29) is 23.1 Å². The summed E-state index contributed by atoms with van der Waals surface area (Å²) >= 11 is 0. The van der Waals surface area contributed by atoms with E-state index in [9.17, 15) is 0 Å². The minimum absolute atomic E-state index is 0.0201. The number of nitrogens with zero attached hydrogens (tertiary/aromatic N) is 2. The molecule has 7 aromatic carbocycles. The van der Waals surface area contributed by atoms with Crippen LogP contribution in [-0.2, 0) is 16.2 Å². The lowest BCUT2D eigenvalue weighted by molar-refractivity contribution is 0.331. The summed E-state index contributed by atoms with van der Waals surface area (Å²) in [4.78, 5) is 5.34. The standard InChI is InChI=1S/C54H49BN2/c1-34-29-41-40-26-23-38(36-17-12-9-13-18-36)31-47(40)57(39-24-21-37(22-25-39)35-15-10-8-11-16-35)55-46-20-14-19-42-51(46)56(49(30-34)50(41)55)48-33-44-43(32-45(48)54(42,6)7)52(2,3)27-28-53(44,4)5/h8-26,29-33H,27-28H2,1-7H3. The monoisotopic (exact) mass is 736 g/mol. The van der Waals surface area contributed by atoms with Crippen molar-refractivity contribution in [3.8, 4) is 33.4 Å². The highest BCUT2D eigenvalue weighted by Gasteiger charge is 2.50. The third kappa shape index (κ3) is 4.91. The quantitative estimate of drug-likeness (QED) is 0.167. The topological polar surface area (TPSA) is 6.48 Å². The zero-order valence-corrected chi connectivity index (χ0v) is 34.2. The van der Waals surface area contributed by atoms with Crippen molar-refractivity contribution >= 4 is 46.2 Å². The first-order valence-electron chi connectivity index (χ1n) is 20.8. The molecule has 0 saturated heterocycles. The van der Waals surface area contributed by atoms with Gasteiger partial charge in [-0.15, -0.1) is 0 Å². The Morgan fingerprint density at radius 2 is 1.09 bits per heavy atom. The van der Waals surface area contributed by atoms with Crippen LogP contribution in [0.2, 0.25) is 0 Å². The third-order valence-corrected chi connectivity index (χ3v) is 14.1. The number of rotatable bonds is 3. The first-order chi connectivity index (χ1) is 27.4. The van der Waals surface area contributed by atoms with E-state index in [0.29, 0.717) is 0 Å². The third-order valence-electron chi connectivity index (χ3n) is 14.1. The lowest BCUT2D eigenvalue weighted by Gasteiger charge is -2.52. The first kappa shape index (κ1) is 34.5. The molecular weight excluding hydrogens is 687 g/mol. The number of para-hydroxylation sites is 1. The van der Waals surface area contributed by atoms with Gasteiger partial charge in [0.1, 0.15) is 0 Å². The molecule has 4 aliphatic rings. The molecule has 0 bridgehead atoms. The van der Waals surface area contributed by atoms with Crippen molar-refractivity contribution in [3.63, 3.8) is 0 Å². The minimum Gasteiger partial charge on any atom is -0.376 e. The maximum absolute atomic E-state index is 2.69. The van der Waals surface area contributed by atoms with Crippen LogP contribution in [0, 0.1) is 6.92 Å². The molecule has 278 valence electrons. The molecule has 0 spiro atoms. The van der Waals surface area contributed by atoms with Crippen LogP contribution in [0.3, 0.4) is 0 Å². The Morgan fingerprint density at radius 3 is 1.77 bits per heavy atom. The van der Waals surface area contributed by atoms with E-state index >= 15 is 0 Å². The van der Waals surface area contributed by atoms with Crippen LogP contribution < -0.4 is 20.6 Å². The molecule has 7 aromatic rings. The molecule has 0 radical (unpaired) electrons. The average molecular weight is 737 g/mol. The average Bonchev–Trinajstić information content (AvgIpc) is 3.22. The molecule has 2 nitrogen and oxygen atoms in total. The summed E-state index contributed by atoms with van der Waals surface area (Å²) in [5, 5.41) is 0. The van der Waals surface area contributed by atoms with Gasteiger partial charge < -0.3 is 9.71 Å². The smallest absolute Gasteiger partial charge is 0.333 e. The van der Waals surface area contributed by atoms with Crippen molar-refractivity contribution in [2.45, 2.75) is 77.6 Å². The number of hydrogen-bond acceptors (Lipinski definition) is 2. The molecule has 3 heterocycles. The normalized spacial score (nSPS) is 17.2. The Labute approximate surface area is 338 Å². The van der Waals surface area contributed by atoms with Gasteiger partial charge in [0.2, 0.25) is 0 Å². The largest absolute Gasteiger partial charge is 0.376 e. The summed E-state index contributed by atoms with van der Waals surface area (Å²) in [5.41, 5.74) is 23.9. The van der Waals surface area contributed by atoms with Crippen LogP contribution in [0.25, 0.3) is 33.4 Å². The van der Waals surface area contributed by atoms with Gasteiger partial charge in [0.25, 0.3) is 0 Å². The zero-order chi connectivity index (χ0) is 39.0. The number of benzene rings is 7. The molecule has 0 atom stereocenters. The Kier molecular flexibility index (Phi) is 7.17. The fraction of sp³-hybridized carbons (Fsp3) is 0.222. The summed E-state index contributed by atoms with van der Waals surface area (Å²) in [5.74, 6) is 0. The Morgan fingerprint density at radius 1 is 0.474 bits per heavy atom. The van der Waals surface area contributed by atoms with E-state index in [1.54, 1.807) is 0 Å². The highest BCUT2D eigenvalue weighted by molar-refractivity contribution is 6.93. The molecule has 0 N–H and O–H groups in total. The van der Waals surface area contributed by atoms with Gasteiger partial charge in [-0.1, -0.05) is 157 Å². The van der Waals surface area contributed by atoms with E-state index in [1.807, 2.05) is 0 Å². The second-order valence-electron chi connectivity index (χ2n) is 18.9. The summed E-state index contributed by atoms with van der Waals surface area (Å²) < 4.78 is 0. The number of aryl methyl sites for hydroxylation is 1. The molecule has 1 aliphatic carbocycles. The van der Waals surface area contributed by atoms with Crippen LogP contribution in [0.4, 0.5) is 28.4 Å². The highest BCUT2D eigenvalue weighted by Crippen LogP contribution is 2.58. The van der Waals surface area contributed by atoms with Crippen molar-refractivity contribution in [1.29, 1.82) is 0 Å². The van der Waals surface area contributed by atoms with Gasteiger partial charge in [-0.05, 0) is 127 Å². The first-order valence-corrected chi connectivity index (χ1v) is 20.8. The van der Waals surface area contributed by atoms with Crippen molar-refractivity contribution in [1.82, 2.24) is 0 Å². The van der Waals surface area contributed by atoms with Crippen LogP contribution >= 0.6 is 0 Å². The molecule has 0 unspecified atom stereocenters. The maximum Gasteiger partial charge on any atom is 0.333 e. The second kappa shape index (κ2) is 11.9. The predicted molar refractivity (Wildman–Crippen MR) is 243 cm³/mol. The fourth-order valence-electron chi connectivity index (χ4n) is 10.9. The van der Waals surface area contributed by atoms with Crippen LogP contribution in [0.5, 0.6) is 0 Å². The summed E-state index contributed by atoms with van der Waals surface area (Å²) in [6.07, 6.45) is 2.40. The Bertz CT molecular complexity index is 2780. The lowest BCUT2D eigenvalue weighted by atomic mass is 9.42. The van der Waals surface area contributed by atoms with Gasteiger partial charge in [-0.25, -0.2) is 0 Å². The summed E-state index contributed by atoms with van der Waals surface area (Å²) in [7, 11) is 0. The van der Waals surface area contributed by atoms with Crippen LogP contribution in [0.15, 0.2) is 146 Å². The van der Waals surface area contributed by atoms with Crippen molar-refractivity contribution in [2.24, 2.45) is 0 Å². The molecular formula is C54H49BN2. The van der Waals surface area contributed by atoms with E-state index in [1.165, 1.54) is 113 Å². The zero-order valence-electron chi connectivity index (χ0n) is 34.2. The Hall–Kier alpha value is -5.80. The van der Waals surface area contributed by atoms with E-state index in [2.05, 4.69) is 204 Å². The van der Waals surface area contributed by atoms with Crippen molar-refractivity contribution in [3.05, 3.63) is 173 Å². The molecule has 3 aliphatic heterocycles.